The van der Waals surface area contributed by atoms with E-state index in [1.807, 2.05) is 84.0 Å². The number of hydrogen-bond donors (Lipinski definition) is 1. The fraction of sp³-hybridized carbons (Fsp3) is 0.367. The number of aromatic hydroxyl groups is 1. The minimum atomic E-state index is -0.538. The van der Waals surface area contributed by atoms with Gasteiger partial charge in [-0.15, -0.1) is 0 Å². The fourth-order valence-electron chi connectivity index (χ4n) is 4.74. The molecule has 0 saturated heterocycles. The zero-order valence-electron chi connectivity index (χ0n) is 21.2. The second-order valence-corrected chi connectivity index (χ2v) is 10.9. The number of rotatable bonds is 3. The van der Waals surface area contributed by atoms with Gasteiger partial charge in [-0.2, -0.15) is 0 Å². The van der Waals surface area contributed by atoms with Crippen molar-refractivity contribution >= 4 is 17.9 Å². The molecule has 0 aromatic heterocycles. The highest BCUT2D eigenvalue weighted by Gasteiger charge is 2.38. The fourth-order valence-corrected chi connectivity index (χ4v) is 4.74. The number of carbonyl (C=O) groups excluding carboxylic acids is 1. The molecule has 35 heavy (non-hydrogen) atoms. The Bertz CT molecular complexity index is 1320. The topological polar surface area (TPSA) is 65.0 Å². The molecule has 0 radical (unpaired) electrons. The normalized spacial score (nSPS) is 20.5. The molecule has 1 N–H and O–H groups in total. The van der Waals surface area contributed by atoms with E-state index in [4.69, 9.17) is 14.2 Å². The van der Waals surface area contributed by atoms with Crippen molar-refractivity contribution in [2.45, 2.75) is 71.7 Å². The predicted octanol–water partition coefficient (Wildman–Crippen LogP) is 6.98. The molecule has 0 fully saturated rings. The van der Waals surface area contributed by atoms with Gasteiger partial charge in [0.15, 0.2) is 5.78 Å². The lowest BCUT2D eigenvalue weighted by Gasteiger charge is -2.34. The number of carbonyl (C=O) groups is 1. The first-order valence-electron chi connectivity index (χ1n) is 12.1. The Morgan fingerprint density at radius 2 is 1.77 bits per heavy atom. The summed E-state index contributed by atoms with van der Waals surface area (Å²) in [6, 6.07) is 5.90. The van der Waals surface area contributed by atoms with Crippen molar-refractivity contribution in [3.05, 3.63) is 69.8 Å². The van der Waals surface area contributed by atoms with Crippen LogP contribution in [0.5, 0.6) is 23.0 Å². The summed E-state index contributed by atoms with van der Waals surface area (Å²) in [4.78, 5) is 13.4. The number of phenols is 1. The van der Waals surface area contributed by atoms with E-state index in [1.54, 1.807) is 0 Å². The Balaban J connectivity index is 1.61. The van der Waals surface area contributed by atoms with Crippen LogP contribution in [-0.4, -0.2) is 22.1 Å². The maximum atomic E-state index is 13.4. The largest absolute Gasteiger partial charge is 0.506 e. The van der Waals surface area contributed by atoms with E-state index in [9.17, 15) is 9.90 Å². The number of Topliss-reactive ketones (excluding diaryl/α,β-unsaturated/α-hetero) is 1. The second kappa shape index (κ2) is 8.04. The van der Waals surface area contributed by atoms with Gasteiger partial charge in [0.25, 0.3) is 0 Å². The average molecular weight is 473 g/mol. The third-order valence-corrected chi connectivity index (χ3v) is 6.60. The Kier molecular flexibility index (Phi) is 5.35. The molecule has 2 aromatic carbocycles. The van der Waals surface area contributed by atoms with Crippen molar-refractivity contribution in [1.82, 2.24) is 0 Å². The summed E-state index contributed by atoms with van der Waals surface area (Å²) in [5, 5.41) is 11.1. The van der Waals surface area contributed by atoms with Crippen LogP contribution in [0, 0.1) is 0 Å². The molecular formula is C30H32O5. The summed E-state index contributed by atoms with van der Waals surface area (Å²) >= 11 is 0. The lowest BCUT2D eigenvalue weighted by atomic mass is 9.88. The molecule has 3 aliphatic rings. The van der Waals surface area contributed by atoms with Gasteiger partial charge in [0.1, 0.15) is 45.9 Å². The van der Waals surface area contributed by atoms with Crippen LogP contribution in [0.3, 0.4) is 0 Å². The Hall–Kier alpha value is -3.47. The minimum Gasteiger partial charge on any atom is -0.506 e. The first kappa shape index (κ1) is 23.3. The van der Waals surface area contributed by atoms with Gasteiger partial charge in [0.2, 0.25) is 0 Å². The molecule has 0 unspecified atom stereocenters. The molecule has 0 spiro atoms. The Morgan fingerprint density at radius 1 is 1.06 bits per heavy atom. The van der Waals surface area contributed by atoms with Gasteiger partial charge in [-0.25, -0.2) is 0 Å². The van der Waals surface area contributed by atoms with Gasteiger partial charge in [0.05, 0.1) is 12.0 Å². The molecular weight excluding hydrogens is 440 g/mol. The third kappa shape index (κ3) is 4.24. The highest BCUT2D eigenvalue weighted by molar-refractivity contribution is 6.05. The van der Waals surface area contributed by atoms with Crippen LogP contribution in [-0.2, 0) is 6.42 Å². The molecule has 5 rings (SSSR count). The van der Waals surface area contributed by atoms with Crippen molar-refractivity contribution in [3.8, 4) is 23.0 Å². The lowest BCUT2D eigenvalue weighted by Crippen LogP contribution is -2.30. The van der Waals surface area contributed by atoms with Gasteiger partial charge in [-0.1, -0.05) is 23.8 Å². The SMILES string of the molecule is CC(C)=CCc1c2c(c(O)c3c1O[C@H](c1ccc4c(c1)C=CC(C)(C)O4)CC3=O)C=CC(C)(C)O2. The van der Waals surface area contributed by atoms with E-state index >= 15 is 0 Å². The molecule has 5 nitrogen and oxygen atoms in total. The van der Waals surface area contributed by atoms with Crippen LogP contribution in [0.15, 0.2) is 42.0 Å². The van der Waals surface area contributed by atoms with Gasteiger partial charge < -0.3 is 19.3 Å². The standard InChI is InChI=1S/C30H32O5/c1-17(2)7-9-21-27-20(12-14-30(5,6)35-27)26(32)25-22(31)16-24(33-28(21)25)18-8-10-23-19(15-18)11-13-29(3,4)34-23/h7-8,10-15,24,32H,9,16H2,1-6H3/t24-/m0/s1. The van der Waals surface area contributed by atoms with Crippen molar-refractivity contribution in [2.24, 2.45) is 0 Å². The second-order valence-electron chi connectivity index (χ2n) is 10.9. The summed E-state index contributed by atoms with van der Waals surface area (Å²) in [6.07, 6.45) is 10.1. The molecule has 1 atom stereocenters. The van der Waals surface area contributed by atoms with E-state index in [0.717, 1.165) is 28.0 Å². The number of phenolic OH excluding ortho intramolecular Hbond substituents is 1. The summed E-state index contributed by atoms with van der Waals surface area (Å²) in [6.45, 7) is 12.0. The molecule has 3 aliphatic heterocycles. The molecule has 3 heterocycles. The summed E-state index contributed by atoms with van der Waals surface area (Å²) in [5.41, 5.74) is 3.66. The monoisotopic (exact) mass is 472 g/mol. The van der Waals surface area contributed by atoms with E-state index in [2.05, 4.69) is 6.08 Å². The quantitative estimate of drug-likeness (QED) is 0.489. The molecule has 2 aromatic rings. The molecule has 5 heteroatoms. The first-order chi connectivity index (χ1) is 16.4. The number of fused-ring (bicyclic) bond motifs is 3. The van der Waals surface area contributed by atoms with E-state index in [0.29, 0.717) is 23.5 Å². The zero-order valence-corrected chi connectivity index (χ0v) is 21.2. The van der Waals surface area contributed by atoms with Crippen LogP contribution in [0.4, 0.5) is 0 Å². The van der Waals surface area contributed by atoms with Gasteiger partial charge in [-0.3, -0.25) is 4.79 Å². The van der Waals surface area contributed by atoms with Crippen molar-refractivity contribution in [2.75, 3.05) is 0 Å². The third-order valence-electron chi connectivity index (χ3n) is 6.60. The maximum Gasteiger partial charge on any atom is 0.174 e. The summed E-state index contributed by atoms with van der Waals surface area (Å²) in [7, 11) is 0. The molecule has 0 aliphatic carbocycles. The molecule has 0 saturated carbocycles. The summed E-state index contributed by atoms with van der Waals surface area (Å²) < 4.78 is 18.9. The lowest BCUT2D eigenvalue weighted by molar-refractivity contribution is 0.0839. The van der Waals surface area contributed by atoms with Crippen LogP contribution >= 0.6 is 0 Å². The highest BCUT2D eigenvalue weighted by Crippen LogP contribution is 2.51. The van der Waals surface area contributed by atoms with Crippen LogP contribution in [0.25, 0.3) is 12.2 Å². The Morgan fingerprint density at radius 3 is 2.51 bits per heavy atom. The van der Waals surface area contributed by atoms with Crippen molar-refractivity contribution < 1.29 is 24.1 Å². The van der Waals surface area contributed by atoms with Gasteiger partial charge in [0, 0.05) is 11.1 Å². The van der Waals surface area contributed by atoms with Crippen molar-refractivity contribution in [1.29, 1.82) is 0 Å². The Labute approximate surface area is 206 Å². The average Bonchev–Trinajstić information content (AvgIpc) is 2.76. The zero-order chi connectivity index (χ0) is 25.1. The predicted molar refractivity (Wildman–Crippen MR) is 137 cm³/mol. The molecule has 182 valence electrons. The number of ketones is 1. The van der Waals surface area contributed by atoms with Crippen LogP contribution in [0.1, 0.15) is 86.7 Å². The maximum absolute atomic E-state index is 13.4. The number of allylic oxidation sites excluding steroid dienone is 2. The van der Waals surface area contributed by atoms with Crippen LogP contribution in [0.2, 0.25) is 0 Å². The van der Waals surface area contributed by atoms with Gasteiger partial charge >= 0.3 is 0 Å². The first-order valence-corrected chi connectivity index (χ1v) is 12.1. The number of hydrogen-bond acceptors (Lipinski definition) is 5. The van der Waals surface area contributed by atoms with E-state index < -0.39 is 11.7 Å². The highest BCUT2D eigenvalue weighted by atomic mass is 16.5. The van der Waals surface area contributed by atoms with E-state index in [-0.39, 0.29) is 29.1 Å². The van der Waals surface area contributed by atoms with Crippen LogP contribution < -0.4 is 14.2 Å². The summed E-state index contributed by atoms with van der Waals surface area (Å²) in [5.74, 6) is 1.58. The van der Waals surface area contributed by atoms with Gasteiger partial charge in [-0.05, 0) is 83.9 Å². The molecule has 0 bridgehead atoms. The van der Waals surface area contributed by atoms with E-state index in [1.165, 1.54) is 0 Å². The number of ether oxygens (including phenoxy) is 3. The van der Waals surface area contributed by atoms with Crippen molar-refractivity contribution in [3.63, 3.8) is 0 Å². The minimum absolute atomic E-state index is 0.0739. The molecule has 0 amide bonds. The smallest absolute Gasteiger partial charge is 0.174 e. The number of benzene rings is 2.